The van der Waals surface area contributed by atoms with E-state index in [1.807, 2.05) is 54.6 Å². The second-order valence-corrected chi connectivity index (χ2v) is 9.09. The van der Waals surface area contributed by atoms with Gasteiger partial charge in [-0.25, -0.2) is 0 Å². The number of piperazine rings is 1. The van der Waals surface area contributed by atoms with Crippen LogP contribution in [0.3, 0.4) is 0 Å². The molecule has 1 fully saturated rings. The van der Waals surface area contributed by atoms with Crippen LogP contribution in [-0.2, 0) is 9.53 Å². The van der Waals surface area contributed by atoms with Crippen molar-refractivity contribution in [3.8, 4) is 11.5 Å². The molecule has 2 aliphatic rings. The molecule has 196 valence electrons. The van der Waals surface area contributed by atoms with Crippen molar-refractivity contribution in [3.05, 3.63) is 102 Å². The van der Waals surface area contributed by atoms with Gasteiger partial charge < -0.3 is 14.4 Å². The molecule has 0 aromatic heterocycles. The molecule has 5 nitrogen and oxygen atoms in total. The van der Waals surface area contributed by atoms with Gasteiger partial charge in [0.25, 0.3) is 0 Å². The molecule has 3 aromatic rings. The molecular weight excluding hydrogens is 507 g/mol. The Hall–Kier alpha value is -2.83. The van der Waals surface area contributed by atoms with Crippen LogP contribution < -0.4 is 4.74 Å². The summed E-state index contributed by atoms with van der Waals surface area (Å²) < 4.78 is 11.8. The molecule has 0 amide bonds. The Bertz CT molecular complexity index is 1120. The first-order valence-corrected chi connectivity index (χ1v) is 12.5. The number of nitrogens with zero attached hydrogens (tertiary/aromatic N) is 2. The van der Waals surface area contributed by atoms with Gasteiger partial charge in [-0.1, -0.05) is 78.9 Å². The molecule has 0 N–H and O–H groups in total. The van der Waals surface area contributed by atoms with E-state index in [2.05, 4.69) is 46.2 Å². The molecule has 0 atom stereocenters. The fourth-order valence-corrected chi connectivity index (χ4v) is 4.81. The van der Waals surface area contributed by atoms with Gasteiger partial charge in [0.05, 0.1) is 6.61 Å². The summed E-state index contributed by atoms with van der Waals surface area (Å²) in [5.74, 6) is 0.807. The van der Waals surface area contributed by atoms with Gasteiger partial charge in [0, 0.05) is 50.4 Å². The van der Waals surface area contributed by atoms with Crippen LogP contribution in [0.2, 0.25) is 0 Å². The quantitative estimate of drug-likeness (QED) is 0.257. The third-order valence-corrected chi connectivity index (χ3v) is 6.72. The van der Waals surface area contributed by atoms with E-state index in [1.54, 1.807) is 0 Å². The SMILES string of the molecule is Cl.Cl.O=C(OCCCN1CCN(CC=Cc2ccccc2)CC1)C1c2ccccc2Oc2ccccc21. The lowest BCUT2D eigenvalue weighted by atomic mass is 9.88. The summed E-state index contributed by atoms with van der Waals surface area (Å²) in [6.07, 6.45) is 5.28. The molecule has 2 heterocycles. The van der Waals surface area contributed by atoms with E-state index < -0.39 is 5.92 Å². The third kappa shape index (κ3) is 7.36. The summed E-state index contributed by atoms with van der Waals surface area (Å²) >= 11 is 0. The van der Waals surface area contributed by atoms with Crippen LogP contribution in [0.5, 0.6) is 11.5 Å². The lowest BCUT2D eigenvalue weighted by Gasteiger charge is -2.34. The number of halogens is 2. The highest BCUT2D eigenvalue weighted by Gasteiger charge is 2.33. The molecule has 0 saturated carbocycles. The molecule has 2 aliphatic heterocycles. The van der Waals surface area contributed by atoms with E-state index in [9.17, 15) is 4.79 Å². The average molecular weight is 542 g/mol. The molecule has 3 aromatic carbocycles. The molecule has 0 radical (unpaired) electrons. The average Bonchev–Trinajstić information content (AvgIpc) is 2.91. The summed E-state index contributed by atoms with van der Waals surface area (Å²) in [7, 11) is 0. The highest BCUT2D eigenvalue weighted by Crippen LogP contribution is 2.44. The largest absolute Gasteiger partial charge is 0.465 e. The first-order chi connectivity index (χ1) is 17.3. The minimum absolute atomic E-state index is 0. The zero-order valence-electron chi connectivity index (χ0n) is 20.8. The van der Waals surface area contributed by atoms with Crippen LogP contribution >= 0.6 is 24.8 Å². The van der Waals surface area contributed by atoms with Crippen molar-refractivity contribution >= 4 is 36.9 Å². The zero-order valence-corrected chi connectivity index (χ0v) is 22.5. The van der Waals surface area contributed by atoms with Crippen LogP contribution in [0.15, 0.2) is 84.9 Å². The molecule has 0 unspecified atom stereocenters. The normalized spacial score (nSPS) is 15.6. The monoisotopic (exact) mass is 540 g/mol. The number of ether oxygens (including phenoxy) is 2. The van der Waals surface area contributed by atoms with Crippen LogP contribution in [0, 0.1) is 0 Å². The number of hydrogen-bond donors (Lipinski definition) is 0. The van der Waals surface area contributed by atoms with Crippen molar-refractivity contribution in [1.82, 2.24) is 9.80 Å². The maximum Gasteiger partial charge on any atom is 0.318 e. The summed E-state index contributed by atoms with van der Waals surface area (Å²) in [5.41, 5.74) is 2.98. The predicted molar refractivity (Wildman–Crippen MR) is 153 cm³/mol. The Morgan fingerprint density at radius 2 is 1.38 bits per heavy atom. The fourth-order valence-electron chi connectivity index (χ4n) is 4.81. The summed E-state index contributed by atoms with van der Waals surface area (Å²) in [4.78, 5) is 18.1. The minimum Gasteiger partial charge on any atom is -0.465 e. The first-order valence-electron chi connectivity index (χ1n) is 12.5. The second kappa shape index (κ2) is 14.2. The zero-order chi connectivity index (χ0) is 23.9. The Morgan fingerprint density at radius 3 is 2.03 bits per heavy atom. The van der Waals surface area contributed by atoms with Crippen molar-refractivity contribution in [2.24, 2.45) is 0 Å². The van der Waals surface area contributed by atoms with E-state index in [-0.39, 0.29) is 30.8 Å². The van der Waals surface area contributed by atoms with Gasteiger partial charge in [-0.2, -0.15) is 0 Å². The van der Waals surface area contributed by atoms with Gasteiger partial charge in [-0.05, 0) is 24.1 Å². The lowest BCUT2D eigenvalue weighted by Crippen LogP contribution is -2.46. The van der Waals surface area contributed by atoms with Crippen LogP contribution in [0.1, 0.15) is 29.0 Å². The van der Waals surface area contributed by atoms with Crippen molar-refractivity contribution in [2.45, 2.75) is 12.3 Å². The van der Waals surface area contributed by atoms with E-state index >= 15 is 0 Å². The van der Waals surface area contributed by atoms with Crippen LogP contribution in [-0.4, -0.2) is 61.6 Å². The minimum atomic E-state index is -0.441. The molecule has 37 heavy (non-hydrogen) atoms. The Labute approximate surface area is 231 Å². The Morgan fingerprint density at radius 1 is 0.811 bits per heavy atom. The maximum atomic E-state index is 13.1. The molecule has 0 spiro atoms. The summed E-state index contributed by atoms with van der Waals surface area (Å²) in [6, 6.07) is 25.9. The highest BCUT2D eigenvalue weighted by atomic mass is 35.5. The van der Waals surface area contributed by atoms with Gasteiger partial charge >= 0.3 is 5.97 Å². The highest BCUT2D eigenvalue weighted by molar-refractivity contribution is 5.86. The van der Waals surface area contributed by atoms with Gasteiger partial charge in [-0.3, -0.25) is 9.69 Å². The van der Waals surface area contributed by atoms with E-state index in [0.717, 1.165) is 68.3 Å². The fraction of sp³-hybridized carbons (Fsp3) is 0.300. The van der Waals surface area contributed by atoms with Crippen LogP contribution in [0.4, 0.5) is 0 Å². The predicted octanol–water partition coefficient (Wildman–Crippen LogP) is 6.03. The molecule has 7 heteroatoms. The van der Waals surface area contributed by atoms with E-state index in [4.69, 9.17) is 9.47 Å². The van der Waals surface area contributed by atoms with E-state index in [1.165, 1.54) is 5.56 Å². The summed E-state index contributed by atoms with van der Waals surface area (Å²) in [6.45, 7) is 6.58. The third-order valence-electron chi connectivity index (χ3n) is 6.72. The standard InChI is InChI=1S/C30H32N2O3.2ClH/c33-30(29-25-13-4-6-15-27(25)35-28-16-7-5-14-26(28)29)34-23-9-18-32-21-19-31(20-22-32)17-8-12-24-10-2-1-3-11-24;;/h1-8,10-16,29H,9,17-23H2;2*1H. The van der Waals surface area contributed by atoms with Crippen LogP contribution in [0.25, 0.3) is 6.08 Å². The van der Waals surface area contributed by atoms with Crippen molar-refractivity contribution < 1.29 is 14.3 Å². The Kier molecular flexibility index (Phi) is 11.0. The summed E-state index contributed by atoms with van der Waals surface area (Å²) in [5, 5.41) is 0. The first kappa shape index (κ1) is 28.7. The lowest BCUT2D eigenvalue weighted by molar-refractivity contribution is -0.144. The van der Waals surface area contributed by atoms with Crippen molar-refractivity contribution in [3.63, 3.8) is 0 Å². The molecule has 5 rings (SSSR count). The topological polar surface area (TPSA) is 42.0 Å². The number of benzene rings is 3. The number of esters is 1. The van der Waals surface area contributed by atoms with Gasteiger partial charge in [0.1, 0.15) is 17.4 Å². The molecule has 0 bridgehead atoms. The van der Waals surface area contributed by atoms with Gasteiger partial charge in [0.2, 0.25) is 0 Å². The number of rotatable bonds is 8. The van der Waals surface area contributed by atoms with Gasteiger partial charge in [0.15, 0.2) is 0 Å². The van der Waals surface area contributed by atoms with E-state index in [0.29, 0.717) is 6.61 Å². The number of para-hydroxylation sites is 2. The smallest absolute Gasteiger partial charge is 0.318 e. The number of carbonyl (C=O) groups is 1. The number of fused-ring (bicyclic) bond motifs is 2. The maximum absolute atomic E-state index is 13.1. The van der Waals surface area contributed by atoms with Crippen molar-refractivity contribution in [1.29, 1.82) is 0 Å². The molecule has 1 saturated heterocycles. The molecule has 0 aliphatic carbocycles. The number of carbonyl (C=O) groups excluding carboxylic acids is 1. The molecular formula is C30H34Cl2N2O3. The van der Waals surface area contributed by atoms with Crippen molar-refractivity contribution in [2.75, 3.05) is 45.9 Å². The Balaban J connectivity index is 0.00000190. The second-order valence-electron chi connectivity index (χ2n) is 9.09. The number of hydrogen-bond acceptors (Lipinski definition) is 5. The van der Waals surface area contributed by atoms with Gasteiger partial charge in [-0.15, -0.1) is 24.8 Å².